The van der Waals surface area contributed by atoms with E-state index in [1.165, 1.54) is 25.5 Å². The number of piperidine rings is 1. The van der Waals surface area contributed by atoms with Gasteiger partial charge in [-0.1, -0.05) is 6.42 Å². The van der Waals surface area contributed by atoms with E-state index in [1.54, 1.807) is 7.11 Å². The number of carbonyl (C=O) groups is 1. The zero-order valence-corrected chi connectivity index (χ0v) is 18.6. The number of hydrogen-bond acceptors (Lipinski definition) is 6. The van der Waals surface area contributed by atoms with E-state index in [1.807, 2.05) is 18.2 Å². The van der Waals surface area contributed by atoms with Gasteiger partial charge < -0.3 is 20.1 Å². The van der Waals surface area contributed by atoms with Crippen molar-refractivity contribution in [2.45, 2.75) is 51.4 Å². The lowest BCUT2D eigenvalue weighted by molar-refractivity contribution is -0.124. The highest BCUT2D eigenvalue weighted by Crippen LogP contribution is 2.33. The molecule has 1 aromatic heterocycles. The number of ether oxygens (including phenoxy) is 1. The van der Waals surface area contributed by atoms with Crippen molar-refractivity contribution in [1.82, 2.24) is 9.88 Å². The maximum atomic E-state index is 12.0. The Hall–Kier alpha value is -2.34. The molecule has 2 N–H and O–H groups in total. The number of pyridine rings is 1. The van der Waals surface area contributed by atoms with E-state index in [-0.39, 0.29) is 5.75 Å². The maximum Gasteiger partial charge on any atom is 0.157 e. The minimum atomic E-state index is 0.174. The number of fused-ring (bicyclic) bond motifs is 1. The minimum absolute atomic E-state index is 0.174. The number of nitrogens with zero attached hydrogens (tertiary/aromatic N) is 2. The molecule has 0 radical (unpaired) electrons. The normalized spacial score (nSPS) is 20.8. The van der Waals surface area contributed by atoms with Crippen LogP contribution < -0.4 is 10.1 Å². The molecule has 4 rings (SSSR count). The van der Waals surface area contributed by atoms with Gasteiger partial charge in [0.05, 0.1) is 24.5 Å². The Kier molecular flexibility index (Phi) is 7.28. The Bertz CT molecular complexity index is 893. The second-order valence-electron chi connectivity index (χ2n) is 9.10. The number of likely N-dealkylation sites (tertiary alicyclic amines) is 1. The number of methoxy groups -OCH3 is 1. The molecule has 1 saturated carbocycles. The number of rotatable bonds is 8. The SMILES string of the molecule is COc1ccc2ncc(O)c(NCCC3CCN(CCC4CCCCC4=O)CC3)c2c1. The average Bonchev–Trinajstić information content (AvgIpc) is 2.80. The fourth-order valence-electron chi connectivity index (χ4n) is 5.07. The van der Waals surface area contributed by atoms with Gasteiger partial charge in [-0.2, -0.15) is 0 Å². The number of aromatic nitrogens is 1. The van der Waals surface area contributed by atoms with Gasteiger partial charge in [0.1, 0.15) is 11.5 Å². The summed E-state index contributed by atoms with van der Waals surface area (Å²) in [7, 11) is 1.64. The summed E-state index contributed by atoms with van der Waals surface area (Å²) in [6, 6.07) is 5.71. The third-order valence-corrected chi connectivity index (χ3v) is 7.09. The third-order valence-electron chi connectivity index (χ3n) is 7.09. The summed E-state index contributed by atoms with van der Waals surface area (Å²) in [5, 5.41) is 14.7. The van der Waals surface area contributed by atoms with Gasteiger partial charge in [-0.05, 0) is 82.3 Å². The lowest BCUT2D eigenvalue weighted by Gasteiger charge is -2.33. The first-order valence-corrected chi connectivity index (χ1v) is 11.8. The summed E-state index contributed by atoms with van der Waals surface area (Å²) in [6.07, 6.45) is 10.3. The third kappa shape index (κ3) is 5.48. The van der Waals surface area contributed by atoms with Gasteiger partial charge in [0.2, 0.25) is 0 Å². The van der Waals surface area contributed by atoms with Crippen molar-refractivity contribution in [3.8, 4) is 11.5 Å². The van der Waals surface area contributed by atoms with E-state index < -0.39 is 0 Å². The molecular formula is C25H35N3O3. The van der Waals surface area contributed by atoms with Gasteiger partial charge in [-0.3, -0.25) is 9.78 Å². The molecule has 1 aliphatic heterocycles. The number of nitrogens with one attached hydrogen (secondary N) is 1. The monoisotopic (exact) mass is 425 g/mol. The van der Waals surface area contributed by atoms with Crippen LogP contribution in [-0.4, -0.2) is 54.1 Å². The number of hydrogen-bond donors (Lipinski definition) is 2. The van der Waals surface area contributed by atoms with Crippen LogP contribution in [0.2, 0.25) is 0 Å². The van der Waals surface area contributed by atoms with Gasteiger partial charge >= 0.3 is 0 Å². The average molecular weight is 426 g/mol. The molecule has 168 valence electrons. The molecule has 6 heteroatoms. The number of ketones is 1. The molecular weight excluding hydrogens is 390 g/mol. The largest absolute Gasteiger partial charge is 0.504 e. The van der Waals surface area contributed by atoms with E-state index in [9.17, 15) is 9.90 Å². The highest BCUT2D eigenvalue weighted by Gasteiger charge is 2.24. The Labute approximate surface area is 185 Å². The van der Waals surface area contributed by atoms with Crippen LogP contribution >= 0.6 is 0 Å². The van der Waals surface area contributed by atoms with Crippen molar-refractivity contribution in [2.24, 2.45) is 11.8 Å². The molecule has 2 fully saturated rings. The lowest BCUT2D eigenvalue weighted by atomic mass is 9.85. The molecule has 1 aliphatic carbocycles. The van der Waals surface area contributed by atoms with Crippen LogP contribution in [0.25, 0.3) is 10.9 Å². The molecule has 2 aromatic rings. The minimum Gasteiger partial charge on any atom is -0.504 e. The fraction of sp³-hybridized carbons (Fsp3) is 0.600. The molecule has 1 atom stereocenters. The van der Waals surface area contributed by atoms with Gasteiger partial charge in [0.25, 0.3) is 0 Å². The van der Waals surface area contributed by atoms with Crippen LogP contribution in [0.3, 0.4) is 0 Å². The summed E-state index contributed by atoms with van der Waals surface area (Å²) >= 11 is 0. The first kappa shape index (κ1) is 21.9. The van der Waals surface area contributed by atoms with Crippen LogP contribution in [-0.2, 0) is 4.79 Å². The second-order valence-corrected chi connectivity index (χ2v) is 9.10. The lowest BCUT2D eigenvalue weighted by Crippen LogP contribution is -2.36. The number of Topliss-reactive ketones (excluding diaryl/α,β-unsaturated/α-hetero) is 1. The van der Waals surface area contributed by atoms with Crippen molar-refractivity contribution in [1.29, 1.82) is 0 Å². The van der Waals surface area contributed by atoms with Crippen LogP contribution in [0, 0.1) is 11.8 Å². The molecule has 1 saturated heterocycles. The number of aromatic hydroxyl groups is 1. The van der Waals surface area contributed by atoms with Crippen LogP contribution in [0.5, 0.6) is 11.5 Å². The molecule has 1 aromatic carbocycles. The number of benzene rings is 1. The smallest absolute Gasteiger partial charge is 0.157 e. The zero-order valence-electron chi connectivity index (χ0n) is 18.6. The van der Waals surface area contributed by atoms with Crippen molar-refractivity contribution >= 4 is 22.4 Å². The number of anilines is 1. The van der Waals surface area contributed by atoms with E-state index >= 15 is 0 Å². The summed E-state index contributed by atoms with van der Waals surface area (Å²) < 4.78 is 5.33. The molecule has 2 aliphatic rings. The first-order chi connectivity index (χ1) is 15.1. The highest BCUT2D eigenvalue weighted by atomic mass is 16.5. The van der Waals surface area contributed by atoms with Gasteiger partial charge in [-0.15, -0.1) is 0 Å². The van der Waals surface area contributed by atoms with E-state index in [2.05, 4.69) is 15.2 Å². The fourth-order valence-corrected chi connectivity index (χ4v) is 5.07. The molecule has 6 nitrogen and oxygen atoms in total. The summed E-state index contributed by atoms with van der Waals surface area (Å²) in [5.74, 6) is 2.44. The Morgan fingerprint density at radius 1 is 1.19 bits per heavy atom. The predicted molar refractivity (Wildman–Crippen MR) is 124 cm³/mol. The van der Waals surface area contributed by atoms with Crippen LogP contribution in [0.15, 0.2) is 24.4 Å². The zero-order chi connectivity index (χ0) is 21.6. The summed E-state index contributed by atoms with van der Waals surface area (Å²) in [4.78, 5) is 18.9. The highest BCUT2D eigenvalue weighted by molar-refractivity contribution is 5.95. The maximum absolute atomic E-state index is 12.0. The first-order valence-electron chi connectivity index (χ1n) is 11.8. The van der Waals surface area contributed by atoms with Crippen LogP contribution in [0.4, 0.5) is 5.69 Å². The topological polar surface area (TPSA) is 74.7 Å². The molecule has 31 heavy (non-hydrogen) atoms. The quantitative estimate of drug-likeness (QED) is 0.643. The molecule has 1 unspecified atom stereocenters. The standard InChI is InChI=1S/C25H35N3O3/c1-31-20-6-7-22-21(16-20)25(24(30)17-27-22)26-12-8-18-9-13-28(14-10-18)15-11-19-4-2-3-5-23(19)29/h6-7,16-19,30H,2-5,8-15H2,1H3,(H,26,27). The van der Waals surface area contributed by atoms with Gasteiger partial charge in [0, 0.05) is 24.3 Å². The van der Waals surface area contributed by atoms with Crippen molar-refractivity contribution < 1.29 is 14.6 Å². The van der Waals surface area contributed by atoms with Gasteiger partial charge in [0.15, 0.2) is 5.75 Å². The van der Waals surface area contributed by atoms with Crippen LogP contribution in [0.1, 0.15) is 51.4 Å². The van der Waals surface area contributed by atoms with Crippen molar-refractivity contribution in [3.63, 3.8) is 0 Å². The van der Waals surface area contributed by atoms with E-state index in [4.69, 9.17) is 4.74 Å². The van der Waals surface area contributed by atoms with E-state index in [0.717, 1.165) is 80.6 Å². The molecule has 2 heterocycles. The second kappa shape index (κ2) is 10.3. The van der Waals surface area contributed by atoms with Crippen molar-refractivity contribution in [2.75, 3.05) is 38.6 Å². The molecule has 0 amide bonds. The number of carbonyl (C=O) groups excluding carboxylic acids is 1. The Balaban J connectivity index is 1.23. The van der Waals surface area contributed by atoms with Crippen molar-refractivity contribution in [3.05, 3.63) is 24.4 Å². The molecule has 0 spiro atoms. The Morgan fingerprint density at radius 3 is 2.81 bits per heavy atom. The summed E-state index contributed by atoms with van der Waals surface area (Å²) in [5.41, 5.74) is 1.57. The Morgan fingerprint density at radius 2 is 2.03 bits per heavy atom. The van der Waals surface area contributed by atoms with Gasteiger partial charge in [-0.25, -0.2) is 0 Å². The van der Waals surface area contributed by atoms with E-state index in [0.29, 0.717) is 17.6 Å². The summed E-state index contributed by atoms with van der Waals surface area (Å²) in [6.45, 7) is 4.16. The predicted octanol–water partition coefficient (Wildman–Crippen LogP) is 4.61. The molecule has 0 bridgehead atoms.